The number of fused-ring (bicyclic) bond motifs is 1. The van der Waals surface area contributed by atoms with Gasteiger partial charge in [0, 0.05) is 16.9 Å². The van der Waals surface area contributed by atoms with Crippen molar-refractivity contribution in [1.82, 2.24) is 9.50 Å². The molecule has 0 atom stereocenters. The Morgan fingerprint density at radius 2 is 1.94 bits per heavy atom. The fourth-order valence-corrected chi connectivity index (χ4v) is 1.86. The van der Waals surface area contributed by atoms with E-state index in [1.54, 1.807) is 10.9 Å². The Bertz CT molecular complexity index is 646. The number of hydrogen-bond donors (Lipinski definition) is 0. The largest absolute Gasteiger partial charge is 0.841 e. The fourth-order valence-electron chi connectivity index (χ4n) is 1.86. The molecule has 0 spiro atoms. The van der Waals surface area contributed by atoms with Crippen LogP contribution < -0.4 is 9.79 Å². The highest BCUT2D eigenvalue weighted by atomic mass is 16.3. The van der Waals surface area contributed by atoms with Crippen molar-refractivity contribution >= 4 is 5.52 Å². The SMILES string of the molecule is [O-]c1n[n+](Cc2ccccc2)cc2cccn12. The maximum Gasteiger partial charge on any atom is 0.220 e. The van der Waals surface area contributed by atoms with Crippen molar-refractivity contribution in [1.29, 1.82) is 0 Å². The quantitative estimate of drug-likeness (QED) is 0.604. The van der Waals surface area contributed by atoms with Crippen LogP contribution in [0.3, 0.4) is 0 Å². The van der Waals surface area contributed by atoms with Gasteiger partial charge in [-0.2, -0.15) is 0 Å². The van der Waals surface area contributed by atoms with Gasteiger partial charge in [-0.15, -0.1) is 0 Å². The molecule has 0 aliphatic carbocycles. The molecule has 0 bridgehead atoms. The number of benzene rings is 1. The van der Waals surface area contributed by atoms with Crippen LogP contribution >= 0.6 is 0 Å². The maximum atomic E-state index is 11.7. The van der Waals surface area contributed by atoms with Crippen LogP contribution in [0.2, 0.25) is 0 Å². The van der Waals surface area contributed by atoms with Crippen molar-refractivity contribution in [3.8, 4) is 6.01 Å². The molecular formula is C13H11N3O. The normalized spacial score (nSPS) is 10.8. The molecule has 0 fully saturated rings. The lowest BCUT2D eigenvalue weighted by Crippen LogP contribution is -2.39. The summed E-state index contributed by atoms with van der Waals surface area (Å²) in [7, 11) is 0. The van der Waals surface area contributed by atoms with Gasteiger partial charge in [0.2, 0.25) is 6.20 Å². The lowest BCUT2D eigenvalue weighted by atomic mass is 10.2. The summed E-state index contributed by atoms with van der Waals surface area (Å²) in [5, 5.41) is 15.7. The molecule has 0 saturated heterocycles. The second kappa shape index (κ2) is 3.90. The second-order valence-electron chi connectivity index (χ2n) is 3.90. The summed E-state index contributed by atoms with van der Waals surface area (Å²) in [6.07, 6.45) is 3.59. The highest BCUT2D eigenvalue weighted by molar-refractivity contribution is 5.44. The van der Waals surface area contributed by atoms with Crippen LogP contribution in [-0.4, -0.2) is 9.50 Å². The van der Waals surface area contributed by atoms with E-state index in [1.807, 2.05) is 48.7 Å². The average Bonchev–Trinajstić information content (AvgIpc) is 2.79. The fraction of sp³-hybridized carbons (Fsp3) is 0.0769. The monoisotopic (exact) mass is 225 g/mol. The van der Waals surface area contributed by atoms with E-state index in [2.05, 4.69) is 5.10 Å². The van der Waals surface area contributed by atoms with E-state index in [-0.39, 0.29) is 6.01 Å². The molecule has 17 heavy (non-hydrogen) atoms. The van der Waals surface area contributed by atoms with Gasteiger partial charge >= 0.3 is 0 Å². The van der Waals surface area contributed by atoms with Crippen molar-refractivity contribution in [2.45, 2.75) is 6.54 Å². The highest BCUT2D eigenvalue weighted by Gasteiger charge is 2.07. The lowest BCUT2D eigenvalue weighted by Gasteiger charge is -2.05. The Kier molecular flexibility index (Phi) is 2.26. The van der Waals surface area contributed by atoms with Gasteiger partial charge in [-0.05, 0) is 12.1 Å². The number of aromatic nitrogens is 3. The van der Waals surface area contributed by atoms with Gasteiger partial charge in [0.25, 0.3) is 0 Å². The van der Waals surface area contributed by atoms with Gasteiger partial charge in [-0.25, -0.2) is 0 Å². The van der Waals surface area contributed by atoms with E-state index in [1.165, 1.54) is 4.40 Å². The maximum absolute atomic E-state index is 11.7. The van der Waals surface area contributed by atoms with Gasteiger partial charge in [0.15, 0.2) is 6.54 Å². The third-order valence-electron chi connectivity index (χ3n) is 2.67. The van der Waals surface area contributed by atoms with Crippen molar-refractivity contribution in [2.24, 2.45) is 0 Å². The van der Waals surface area contributed by atoms with Crippen LogP contribution in [0, 0.1) is 0 Å². The molecule has 2 aromatic heterocycles. The minimum Gasteiger partial charge on any atom is -0.841 e. The summed E-state index contributed by atoms with van der Waals surface area (Å²) >= 11 is 0. The molecule has 0 saturated carbocycles. The van der Waals surface area contributed by atoms with E-state index in [0.717, 1.165) is 11.1 Å². The molecule has 3 aromatic rings. The molecular weight excluding hydrogens is 214 g/mol. The summed E-state index contributed by atoms with van der Waals surface area (Å²) < 4.78 is 3.20. The first-order valence-electron chi connectivity index (χ1n) is 5.42. The number of nitrogens with zero attached hydrogens (tertiary/aromatic N) is 3. The summed E-state index contributed by atoms with van der Waals surface area (Å²) in [5.41, 5.74) is 1.99. The van der Waals surface area contributed by atoms with E-state index in [0.29, 0.717) is 6.54 Å². The van der Waals surface area contributed by atoms with Gasteiger partial charge in [-0.3, -0.25) is 0 Å². The average molecular weight is 225 g/mol. The summed E-state index contributed by atoms with van der Waals surface area (Å²) in [4.78, 5) is 0. The zero-order valence-corrected chi connectivity index (χ0v) is 9.15. The predicted octanol–water partition coefficient (Wildman–Crippen LogP) is 0.744. The molecule has 2 heterocycles. The third-order valence-corrected chi connectivity index (χ3v) is 2.67. The first-order valence-corrected chi connectivity index (χ1v) is 5.42. The number of rotatable bonds is 2. The van der Waals surface area contributed by atoms with E-state index >= 15 is 0 Å². The molecule has 1 aromatic carbocycles. The molecule has 0 N–H and O–H groups in total. The molecule has 0 aliphatic heterocycles. The molecule has 4 nitrogen and oxygen atoms in total. The van der Waals surface area contributed by atoms with Gasteiger partial charge < -0.3 is 9.51 Å². The Labute approximate surface area is 98.4 Å². The zero-order valence-electron chi connectivity index (χ0n) is 9.15. The highest BCUT2D eigenvalue weighted by Crippen LogP contribution is 2.06. The lowest BCUT2D eigenvalue weighted by molar-refractivity contribution is -0.749. The Morgan fingerprint density at radius 3 is 2.76 bits per heavy atom. The van der Waals surface area contributed by atoms with Crippen LogP contribution in [0.15, 0.2) is 54.9 Å². The topological polar surface area (TPSA) is 44.2 Å². The molecule has 3 rings (SSSR count). The second-order valence-corrected chi connectivity index (χ2v) is 3.90. The van der Waals surface area contributed by atoms with Crippen molar-refractivity contribution in [3.63, 3.8) is 0 Å². The van der Waals surface area contributed by atoms with Gasteiger partial charge in [0.1, 0.15) is 11.5 Å². The van der Waals surface area contributed by atoms with Crippen LogP contribution in [0.25, 0.3) is 5.52 Å². The van der Waals surface area contributed by atoms with Crippen molar-refractivity contribution in [3.05, 3.63) is 60.4 Å². The summed E-state index contributed by atoms with van der Waals surface area (Å²) in [6.45, 7) is 0.609. The Balaban J connectivity index is 2.01. The minimum absolute atomic E-state index is 0.247. The van der Waals surface area contributed by atoms with Crippen LogP contribution in [0.4, 0.5) is 0 Å². The number of hydrogen-bond acceptors (Lipinski definition) is 2. The summed E-state index contributed by atoms with van der Waals surface area (Å²) in [5.74, 6) is 0. The molecule has 0 radical (unpaired) electrons. The summed E-state index contributed by atoms with van der Waals surface area (Å²) in [6, 6.07) is 13.4. The van der Waals surface area contributed by atoms with Gasteiger partial charge in [0.05, 0.1) is 0 Å². The first-order chi connectivity index (χ1) is 8.33. The Hall–Kier alpha value is -2.36. The third kappa shape index (κ3) is 1.85. The first kappa shape index (κ1) is 9.84. The van der Waals surface area contributed by atoms with E-state index < -0.39 is 0 Å². The van der Waals surface area contributed by atoms with Crippen LogP contribution in [0.1, 0.15) is 5.56 Å². The van der Waals surface area contributed by atoms with Crippen molar-refractivity contribution in [2.75, 3.05) is 0 Å². The molecule has 0 amide bonds. The molecule has 84 valence electrons. The Morgan fingerprint density at radius 1 is 1.12 bits per heavy atom. The van der Waals surface area contributed by atoms with E-state index in [4.69, 9.17) is 0 Å². The van der Waals surface area contributed by atoms with Crippen LogP contribution in [0.5, 0.6) is 6.01 Å². The predicted molar refractivity (Wildman–Crippen MR) is 60.4 cm³/mol. The van der Waals surface area contributed by atoms with Gasteiger partial charge in [-0.1, -0.05) is 35.0 Å². The molecule has 0 aliphatic rings. The zero-order chi connectivity index (χ0) is 11.7. The standard InChI is InChI=1S/C13H11N3O/c17-13-14-15(9-11-5-2-1-3-6-11)10-12-7-4-8-16(12)13/h1-8,10H,9H2. The van der Waals surface area contributed by atoms with Crippen molar-refractivity contribution < 1.29 is 9.79 Å². The molecule has 0 unspecified atom stereocenters. The van der Waals surface area contributed by atoms with E-state index in [9.17, 15) is 5.11 Å². The minimum atomic E-state index is -0.247. The van der Waals surface area contributed by atoms with Crippen LogP contribution in [-0.2, 0) is 6.54 Å². The smallest absolute Gasteiger partial charge is 0.220 e. The molecule has 4 heteroatoms.